The number of carbonyl (C=O) groups excluding carboxylic acids is 1. The maximum Gasteiger partial charge on any atom is 0.276 e. The van der Waals surface area contributed by atoms with Gasteiger partial charge in [0.25, 0.3) is 5.91 Å². The lowest BCUT2D eigenvalue weighted by Gasteiger charge is -2.31. The number of hydrogen-bond acceptors (Lipinski definition) is 6. The lowest BCUT2D eigenvalue weighted by atomic mass is 9.90. The van der Waals surface area contributed by atoms with Crippen molar-refractivity contribution in [2.45, 2.75) is 38.8 Å². The van der Waals surface area contributed by atoms with Gasteiger partial charge < -0.3 is 13.9 Å². The Labute approximate surface area is 176 Å². The molecule has 1 saturated heterocycles. The minimum atomic E-state index is -0.208. The molecule has 0 bridgehead atoms. The first-order valence-corrected chi connectivity index (χ1v) is 10.5. The van der Waals surface area contributed by atoms with Crippen LogP contribution in [0.4, 0.5) is 0 Å². The smallest absolute Gasteiger partial charge is 0.276 e. The molecule has 1 amide bonds. The van der Waals surface area contributed by atoms with Gasteiger partial charge in [-0.1, -0.05) is 40.6 Å². The SMILES string of the molecule is CC(c1ccon1)N(C)C(=O)c1cc(CN2CCC(Cc3ccccc3)CC2)on1. The van der Waals surface area contributed by atoms with Gasteiger partial charge in [-0.15, -0.1) is 0 Å². The average Bonchev–Trinajstić information content (AvgIpc) is 3.47. The van der Waals surface area contributed by atoms with Gasteiger partial charge >= 0.3 is 0 Å². The molecule has 1 aliphatic heterocycles. The van der Waals surface area contributed by atoms with Gasteiger partial charge in [0.2, 0.25) is 0 Å². The van der Waals surface area contributed by atoms with Crippen molar-refractivity contribution in [1.82, 2.24) is 20.1 Å². The van der Waals surface area contributed by atoms with Crippen LogP contribution in [-0.2, 0) is 13.0 Å². The van der Waals surface area contributed by atoms with Crippen LogP contribution in [-0.4, -0.2) is 46.2 Å². The zero-order valence-corrected chi connectivity index (χ0v) is 17.5. The van der Waals surface area contributed by atoms with Crippen LogP contribution in [0.25, 0.3) is 0 Å². The van der Waals surface area contributed by atoms with Crippen molar-refractivity contribution < 1.29 is 13.8 Å². The third-order valence-electron chi connectivity index (χ3n) is 6.02. The predicted molar refractivity (Wildman–Crippen MR) is 112 cm³/mol. The van der Waals surface area contributed by atoms with Crippen molar-refractivity contribution in [2.24, 2.45) is 5.92 Å². The van der Waals surface area contributed by atoms with Gasteiger partial charge in [0.15, 0.2) is 11.5 Å². The van der Waals surface area contributed by atoms with Crippen molar-refractivity contribution in [1.29, 1.82) is 0 Å². The highest BCUT2D eigenvalue weighted by atomic mass is 16.5. The van der Waals surface area contributed by atoms with Crippen LogP contribution >= 0.6 is 0 Å². The van der Waals surface area contributed by atoms with Gasteiger partial charge in [0, 0.05) is 19.2 Å². The van der Waals surface area contributed by atoms with Crippen LogP contribution in [0.3, 0.4) is 0 Å². The van der Waals surface area contributed by atoms with E-state index in [1.54, 1.807) is 24.1 Å². The van der Waals surface area contributed by atoms with Crippen molar-refractivity contribution in [2.75, 3.05) is 20.1 Å². The first-order chi connectivity index (χ1) is 14.6. The first kappa shape index (κ1) is 20.3. The minimum absolute atomic E-state index is 0.193. The summed E-state index contributed by atoms with van der Waals surface area (Å²) in [6, 6.07) is 14.0. The molecule has 7 heteroatoms. The molecule has 1 atom stereocenters. The fraction of sp³-hybridized carbons (Fsp3) is 0.435. The van der Waals surface area contributed by atoms with E-state index in [0.717, 1.165) is 31.2 Å². The summed E-state index contributed by atoms with van der Waals surface area (Å²) in [5, 5.41) is 7.91. The van der Waals surface area contributed by atoms with Crippen molar-refractivity contribution >= 4 is 5.91 Å². The van der Waals surface area contributed by atoms with Gasteiger partial charge in [-0.25, -0.2) is 0 Å². The van der Waals surface area contributed by atoms with Gasteiger partial charge in [-0.05, 0) is 50.8 Å². The summed E-state index contributed by atoms with van der Waals surface area (Å²) < 4.78 is 10.3. The van der Waals surface area contributed by atoms with Gasteiger partial charge in [0.05, 0.1) is 12.6 Å². The number of carbonyl (C=O) groups is 1. The maximum absolute atomic E-state index is 12.7. The molecule has 7 nitrogen and oxygen atoms in total. The molecular weight excluding hydrogens is 380 g/mol. The zero-order chi connectivity index (χ0) is 20.9. The number of hydrogen-bond donors (Lipinski definition) is 0. The fourth-order valence-electron chi connectivity index (χ4n) is 4.00. The summed E-state index contributed by atoms with van der Waals surface area (Å²) in [6.45, 7) is 4.65. The molecule has 1 aliphatic rings. The molecule has 0 aliphatic carbocycles. The second-order valence-corrected chi connectivity index (χ2v) is 8.10. The van der Waals surface area contributed by atoms with Crippen LogP contribution in [0.15, 0.2) is 57.8 Å². The van der Waals surface area contributed by atoms with E-state index in [1.165, 1.54) is 24.7 Å². The van der Waals surface area contributed by atoms with E-state index in [4.69, 9.17) is 9.05 Å². The molecule has 1 aromatic carbocycles. The van der Waals surface area contributed by atoms with Crippen LogP contribution in [0, 0.1) is 5.92 Å². The summed E-state index contributed by atoms with van der Waals surface area (Å²) in [6.07, 6.45) is 4.99. The van der Waals surface area contributed by atoms with Crippen molar-refractivity contribution in [3.63, 3.8) is 0 Å². The molecule has 158 valence electrons. The van der Waals surface area contributed by atoms with E-state index >= 15 is 0 Å². The second kappa shape index (κ2) is 9.26. The maximum atomic E-state index is 12.7. The summed E-state index contributed by atoms with van der Waals surface area (Å²) in [5.41, 5.74) is 2.44. The normalized spacial score (nSPS) is 16.5. The zero-order valence-electron chi connectivity index (χ0n) is 17.5. The molecule has 0 N–H and O–H groups in total. The molecule has 2 aromatic heterocycles. The van der Waals surface area contributed by atoms with E-state index < -0.39 is 0 Å². The third-order valence-corrected chi connectivity index (χ3v) is 6.02. The number of rotatable bonds is 7. The van der Waals surface area contributed by atoms with Gasteiger partial charge in [0.1, 0.15) is 12.0 Å². The topological polar surface area (TPSA) is 75.6 Å². The highest BCUT2D eigenvalue weighted by Crippen LogP contribution is 2.24. The summed E-state index contributed by atoms with van der Waals surface area (Å²) in [5.74, 6) is 1.26. The van der Waals surface area contributed by atoms with Gasteiger partial charge in [-0.2, -0.15) is 0 Å². The van der Waals surface area contributed by atoms with Crippen molar-refractivity contribution in [3.05, 3.63) is 71.4 Å². The Kier molecular flexibility index (Phi) is 6.28. The number of benzene rings is 1. The summed E-state index contributed by atoms with van der Waals surface area (Å²) in [7, 11) is 1.73. The van der Waals surface area contributed by atoms with Crippen molar-refractivity contribution in [3.8, 4) is 0 Å². The Hall–Kier alpha value is -2.93. The molecular formula is C23H28N4O3. The average molecular weight is 409 g/mol. The first-order valence-electron chi connectivity index (χ1n) is 10.5. The third kappa shape index (κ3) is 4.79. The lowest BCUT2D eigenvalue weighted by molar-refractivity contribution is 0.0727. The molecule has 0 radical (unpaired) electrons. The second-order valence-electron chi connectivity index (χ2n) is 8.10. The summed E-state index contributed by atoms with van der Waals surface area (Å²) >= 11 is 0. The minimum Gasteiger partial charge on any atom is -0.364 e. The van der Waals surface area contributed by atoms with E-state index in [9.17, 15) is 4.79 Å². The number of amides is 1. The van der Waals surface area contributed by atoms with E-state index in [2.05, 4.69) is 45.5 Å². The molecule has 3 heterocycles. The fourth-order valence-corrected chi connectivity index (χ4v) is 4.00. The Morgan fingerprint density at radius 2 is 1.97 bits per heavy atom. The quantitative estimate of drug-likeness (QED) is 0.589. The number of nitrogens with zero attached hydrogens (tertiary/aromatic N) is 4. The molecule has 30 heavy (non-hydrogen) atoms. The Morgan fingerprint density at radius 3 is 2.67 bits per heavy atom. The summed E-state index contributed by atoms with van der Waals surface area (Å²) in [4.78, 5) is 16.7. The van der Waals surface area contributed by atoms with E-state index in [-0.39, 0.29) is 11.9 Å². The lowest BCUT2D eigenvalue weighted by Crippen LogP contribution is -2.33. The Morgan fingerprint density at radius 1 is 1.20 bits per heavy atom. The molecule has 4 rings (SSSR count). The van der Waals surface area contributed by atoms with Crippen LogP contribution in [0.5, 0.6) is 0 Å². The standard InChI is InChI=1S/C23H28N4O3/c1-17(21-10-13-29-24-21)26(2)23(28)22-15-20(30-25-22)16-27-11-8-19(9-12-27)14-18-6-4-3-5-7-18/h3-7,10,13,15,17,19H,8-9,11-12,14,16H2,1-2H3. The Balaban J connectivity index is 1.28. The van der Waals surface area contributed by atoms with Crippen LogP contribution in [0.1, 0.15) is 53.3 Å². The molecule has 1 unspecified atom stereocenters. The van der Waals surface area contributed by atoms with Crippen LogP contribution in [0.2, 0.25) is 0 Å². The largest absolute Gasteiger partial charge is 0.364 e. The van der Waals surface area contributed by atoms with E-state index in [0.29, 0.717) is 17.9 Å². The highest BCUT2D eigenvalue weighted by Gasteiger charge is 2.25. The molecule has 3 aromatic rings. The van der Waals surface area contributed by atoms with E-state index in [1.807, 2.05) is 6.92 Å². The monoisotopic (exact) mass is 408 g/mol. The number of aromatic nitrogens is 2. The number of likely N-dealkylation sites (tertiary alicyclic amines) is 1. The Bertz CT molecular complexity index is 931. The van der Waals surface area contributed by atoms with Crippen LogP contribution < -0.4 is 0 Å². The van der Waals surface area contributed by atoms with Gasteiger partial charge in [-0.3, -0.25) is 9.69 Å². The highest BCUT2D eigenvalue weighted by molar-refractivity contribution is 5.92. The number of piperidine rings is 1. The molecule has 0 saturated carbocycles. The predicted octanol–water partition coefficient (Wildman–Crippen LogP) is 3.95. The molecule has 0 spiro atoms. The molecule has 1 fully saturated rings.